The highest BCUT2D eigenvalue weighted by Crippen LogP contribution is 2.46. The fraction of sp³-hybridized carbons (Fsp3) is 0.667. The highest BCUT2D eigenvalue weighted by molar-refractivity contribution is 6.74. The molecule has 2 unspecified atom stereocenters. The highest BCUT2D eigenvalue weighted by atomic mass is 28.4. The van der Waals surface area contributed by atoms with E-state index in [4.69, 9.17) is 46.4 Å². The van der Waals surface area contributed by atoms with Crippen molar-refractivity contribution in [3.63, 3.8) is 0 Å². The van der Waals surface area contributed by atoms with E-state index in [-0.39, 0.29) is 59.0 Å². The van der Waals surface area contributed by atoms with Crippen LogP contribution in [0.25, 0.3) is 22.8 Å². The van der Waals surface area contributed by atoms with Crippen molar-refractivity contribution in [3.8, 4) is 45.8 Å². The molecule has 6 rings (SSSR count). The Morgan fingerprint density at radius 1 is 0.488 bits per heavy atom. The van der Waals surface area contributed by atoms with Gasteiger partial charge >= 0.3 is 26.6 Å². The Bertz CT molecular complexity index is 2630. The third kappa shape index (κ3) is 17.5. The maximum atomic E-state index is 14.2. The van der Waals surface area contributed by atoms with Gasteiger partial charge < -0.3 is 46.4 Å². The molecule has 2 aliphatic heterocycles. The summed E-state index contributed by atoms with van der Waals surface area (Å²) in [7, 11) is -2.77. The summed E-state index contributed by atoms with van der Waals surface area (Å²) in [6.45, 7) is 41.8. The Balaban J connectivity index is 0.000000307. The Labute approximate surface area is 498 Å². The summed E-state index contributed by atoms with van der Waals surface area (Å²) in [6.07, 6.45) is -7.32. The zero-order valence-corrected chi connectivity index (χ0v) is 55.7. The Kier molecular flexibility index (Phi) is 22.3. The van der Waals surface area contributed by atoms with E-state index in [9.17, 15) is 26.3 Å². The molecule has 0 radical (unpaired) electrons. The number of benzene rings is 2. The number of alkyl halides is 6. The average Bonchev–Trinajstić information content (AvgIpc) is 2.11. The van der Waals surface area contributed by atoms with Crippen LogP contribution in [0.5, 0.6) is 23.0 Å². The van der Waals surface area contributed by atoms with Gasteiger partial charge in [-0.3, -0.25) is 0 Å². The number of hydrogen-bond donors (Lipinski definition) is 0. The van der Waals surface area contributed by atoms with Crippen LogP contribution < -0.4 is 18.9 Å². The Hall–Kier alpha value is -4.30. The largest absolute Gasteiger partial charge is 0.493 e. The Morgan fingerprint density at radius 3 is 1.06 bits per heavy atom. The van der Waals surface area contributed by atoms with Gasteiger partial charge in [0.1, 0.15) is 11.4 Å². The molecule has 2 aromatic carbocycles. The molecule has 2 fully saturated rings. The normalized spacial score (nSPS) is 17.8. The standard InChI is InChI=1S/2C30H46BF3N2O5Si/c2*1-12-15-38-24-16-20(13-14-23(24)37-9)26-35-22(17-25(36-26)30(32,33)34)21(19-39-42(10,11)27(2,3)4)18-31-40-28(5,6)29(7,8)41-31/h2*13-14,16-17,21H,12,15,18-19H2,1-11H3. The second-order valence-electron chi connectivity index (χ2n) is 26.8. The SMILES string of the molecule is CCCOc1cc(-c2nc(C(CO[Si](C)(C)C(C)(C)C)CB3OC(C)(C)C(C)(C)O3)cc(C(F)(F)F)n2)ccc1OC.CCCOc1cc(-c2nc(C(CO[Si](C)(C)C(C)(C)C)CB3OC(C)(C)C(C)(C)O3)cc(C(F)(F)F)n2)ccc1OC. The van der Waals surface area contributed by atoms with Gasteiger partial charge in [0.15, 0.2) is 51.3 Å². The molecule has 0 amide bonds. The van der Waals surface area contributed by atoms with Gasteiger partial charge in [-0.2, -0.15) is 26.3 Å². The van der Waals surface area contributed by atoms with Gasteiger partial charge in [-0.05, 0) is 166 Å². The smallest absolute Gasteiger partial charge is 0.458 e. The first-order chi connectivity index (χ1) is 38.4. The quantitative estimate of drug-likeness (QED) is 0.0544. The molecule has 4 heterocycles. The van der Waals surface area contributed by atoms with Crippen molar-refractivity contribution in [3.05, 3.63) is 71.3 Å². The van der Waals surface area contributed by atoms with Crippen LogP contribution >= 0.6 is 0 Å². The molecule has 2 atom stereocenters. The molecule has 14 nitrogen and oxygen atoms in total. The maximum Gasteiger partial charge on any atom is 0.458 e. The molecule has 468 valence electrons. The van der Waals surface area contributed by atoms with Crippen LogP contribution in [-0.4, -0.2) is 114 Å². The first-order valence-electron chi connectivity index (χ1n) is 28.9. The monoisotopic (exact) mass is 1220 g/mol. The van der Waals surface area contributed by atoms with Crippen molar-refractivity contribution in [2.24, 2.45) is 0 Å². The Morgan fingerprint density at radius 2 is 0.798 bits per heavy atom. The van der Waals surface area contributed by atoms with E-state index in [2.05, 4.69) is 87.7 Å². The number of rotatable bonds is 22. The maximum absolute atomic E-state index is 14.2. The molecule has 2 aliphatic rings. The topological polar surface area (TPSA) is 144 Å². The van der Waals surface area contributed by atoms with Gasteiger partial charge in [0, 0.05) is 47.6 Å². The van der Waals surface area contributed by atoms with Crippen molar-refractivity contribution in [2.75, 3.05) is 40.6 Å². The van der Waals surface area contributed by atoms with E-state index in [1.54, 1.807) is 36.4 Å². The summed E-state index contributed by atoms with van der Waals surface area (Å²) in [6, 6.07) is 11.8. The molecule has 24 heteroatoms. The fourth-order valence-electron chi connectivity index (χ4n) is 8.37. The molecular weight excluding hydrogens is 1130 g/mol. The summed E-state index contributed by atoms with van der Waals surface area (Å²) < 4.78 is 146. The minimum absolute atomic E-state index is 0.0601. The molecule has 84 heavy (non-hydrogen) atoms. The minimum Gasteiger partial charge on any atom is -0.493 e. The first kappa shape index (κ1) is 70.5. The van der Waals surface area contributed by atoms with Gasteiger partial charge in [-0.25, -0.2) is 19.9 Å². The predicted molar refractivity (Wildman–Crippen MR) is 323 cm³/mol. The lowest BCUT2D eigenvalue weighted by Gasteiger charge is -2.37. The zero-order chi connectivity index (χ0) is 63.5. The molecule has 0 N–H and O–H groups in total. The molecule has 2 saturated heterocycles. The van der Waals surface area contributed by atoms with E-state index in [0.29, 0.717) is 47.3 Å². The highest BCUT2D eigenvalue weighted by Gasteiger charge is 2.53. The van der Waals surface area contributed by atoms with Crippen molar-refractivity contribution < 1.29 is 72.8 Å². The van der Waals surface area contributed by atoms with Crippen LogP contribution in [0.3, 0.4) is 0 Å². The van der Waals surface area contributed by atoms with Gasteiger partial charge in [0.2, 0.25) is 0 Å². The number of ether oxygens (including phenoxy) is 4. The second kappa shape index (κ2) is 26.6. The van der Waals surface area contributed by atoms with Crippen molar-refractivity contribution in [1.29, 1.82) is 0 Å². The molecule has 0 spiro atoms. The first-order valence-corrected chi connectivity index (χ1v) is 34.8. The fourth-order valence-corrected chi connectivity index (χ4v) is 10.5. The lowest BCUT2D eigenvalue weighted by Crippen LogP contribution is -2.42. The third-order valence-corrected chi connectivity index (χ3v) is 26.1. The average molecular weight is 1220 g/mol. The lowest BCUT2D eigenvalue weighted by molar-refractivity contribution is -0.142. The minimum atomic E-state index is -4.68. The lowest BCUT2D eigenvalue weighted by atomic mass is 9.76. The summed E-state index contributed by atoms with van der Waals surface area (Å²) in [5.41, 5.74) is -3.21. The number of hydrogen-bond acceptors (Lipinski definition) is 14. The molecule has 0 bridgehead atoms. The summed E-state index contributed by atoms with van der Waals surface area (Å²) in [5.74, 6) is 0.548. The van der Waals surface area contributed by atoms with E-state index >= 15 is 0 Å². The number of aromatic nitrogens is 4. The van der Waals surface area contributed by atoms with Crippen LogP contribution in [-0.2, 0) is 39.8 Å². The van der Waals surface area contributed by atoms with E-state index in [0.717, 1.165) is 25.0 Å². The third-order valence-electron chi connectivity index (χ3n) is 17.1. The van der Waals surface area contributed by atoms with Gasteiger partial charge in [-0.15, -0.1) is 0 Å². The van der Waals surface area contributed by atoms with E-state index < -0.39 is 88.9 Å². The van der Waals surface area contributed by atoms with Gasteiger partial charge in [0.25, 0.3) is 0 Å². The van der Waals surface area contributed by atoms with Crippen LogP contribution in [0.15, 0.2) is 48.5 Å². The van der Waals surface area contributed by atoms with Crippen LogP contribution in [0.1, 0.15) is 158 Å². The van der Waals surface area contributed by atoms with Crippen molar-refractivity contribution in [1.82, 2.24) is 19.9 Å². The zero-order valence-electron chi connectivity index (χ0n) is 53.7. The van der Waals surface area contributed by atoms with Crippen molar-refractivity contribution in [2.45, 2.75) is 219 Å². The van der Waals surface area contributed by atoms with Crippen LogP contribution in [0, 0.1) is 0 Å². The van der Waals surface area contributed by atoms with Gasteiger partial charge in [-0.1, -0.05) is 55.4 Å². The number of nitrogens with zero attached hydrogens (tertiary/aromatic N) is 4. The molecule has 0 aliphatic carbocycles. The van der Waals surface area contributed by atoms with E-state index in [1.807, 2.05) is 69.2 Å². The van der Waals surface area contributed by atoms with Gasteiger partial charge in [0.05, 0.1) is 49.8 Å². The van der Waals surface area contributed by atoms with E-state index in [1.165, 1.54) is 14.2 Å². The number of halogens is 6. The summed E-state index contributed by atoms with van der Waals surface area (Å²) >= 11 is 0. The second-order valence-corrected chi connectivity index (χ2v) is 36.4. The van der Waals surface area contributed by atoms with Crippen molar-refractivity contribution >= 4 is 30.9 Å². The molecule has 2 aromatic heterocycles. The van der Waals surface area contributed by atoms with Crippen LogP contribution in [0.2, 0.25) is 48.9 Å². The summed E-state index contributed by atoms with van der Waals surface area (Å²) in [4.78, 5) is 17.2. The number of methoxy groups -OCH3 is 2. The predicted octanol–water partition coefficient (Wildman–Crippen LogP) is 16.3. The molecule has 0 saturated carbocycles. The summed E-state index contributed by atoms with van der Waals surface area (Å²) in [5, 5.41) is -0.179. The van der Waals surface area contributed by atoms with Crippen LogP contribution in [0.4, 0.5) is 26.3 Å². The molecular formula is C60H92B2F6N4O10Si2. The molecule has 4 aromatic rings.